The maximum absolute atomic E-state index is 3.73. The van der Waals surface area contributed by atoms with Crippen molar-refractivity contribution in [3.05, 3.63) is 31.2 Å². The summed E-state index contributed by atoms with van der Waals surface area (Å²) in [6.07, 6.45) is 13.1. The fourth-order valence-corrected chi connectivity index (χ4v) is 0.520. The normalized spacial score (nSPS) is 10.2. The van der Waals surface area contributed by atoms with Gasteiger partial charge in [0.05, 0.1) is 13.3 Å². The van der Waals surface area contributed by atoms with Crippen LogP contribution in [0.1, 0.15) is 46.5 Å². The van der Waals surface area contributed by atoms with Gasteiger partial charge < -0.3 is 0 Å². The second-order valence-electron chi connectivity index (χ2n) is 2.57. The van der Waals surface area contributed by atoms with Crippen LogP contribution in [0.2, 0.25) is 0 Å². The highest BCUT2D eigenvalue weighted by Gasteiger charge is 1.76. The summed E-state index contributed by atoms with van der Waals surface area (Å²) in [6.45, 7) is 9.92. The first-order valence-electron chi connectivity index (χ1n) is 4.84. The summed E-state index contributed by atoms with van der Waals surface area (Å²) in [4.78, 5) is 0. The van der Waals surface area contributed by atoms with Crippen molar-refractivity contribution >= 4 is 0 Å². The third-order valence-electron chi connectivity index (χ3n) is 1.33. The zero-order chi connectivity index (χ0) is 9.66. The fraction of sp³-hybridized carbons (Fsp3) is 0.583. The van der Waals surface area contributed by atoms with E-state index in [1.54, 1.807) is 0 Å². The SMILES string of the molecule is CC=CC.[CH2+]CCC=CCCC. The highest BCUT2D eigenvalue weighted by Crippen LogP contribution is 1.92. The minimum Gasteiger partial charge on any atom is -0.0919 e. The van der Waals surface area contributed by atoms with E-state index in [4.69, 9.17) is 0 Å². The Bertz CT molecular complexity index is 86.6. The van der Waals surface area contributed by atoms with Gasteiger partial charge >= 0.3 is 0 Å². The Morgan fingerprint density at radius 1 is 1.00 bits per heavy atom. The standard InChI is InChI=1S/C8H15.C4H8/c1-3-5-7-8-6-4-2;1-3-4-2/h7-8H,1,3-6H2,2H3;3-4H,1-2H3/q+1;. The Morgan fingerprint density at radius 2 is 1.50 bits per heavy atom. The van der Waals surface area contributed by atoms with E-state index in [1.807, 2.05) is 26.0 Å². The van der Waals surface area contributed by atoms with Gasteiger partial charge in [-0.15, -0.1) is 0 Å². The third kappa shape index (κ3) is 22.8. The average molecular weight is 167 g/mol. The van der Waals surface area contributed by atoms with Crippen LogP contribution < -0.4 is 0 Å². The van der Waals surface area contributed by atoms with Gasteiger partial charge in [-0.25, -0.2) is 0 Å². The monoisotopic (exact) mass is 167 g/mol. The molecule has 0 saturated heterocycles. The summed E-state index contributed by atoms with van der Waals surface area (Å²) in [5, 5.41) is 0. The Balaban J connectivity index is 0. The van der Waals surface area contributed by atoms with E-state index in [2.05, 4.69) is 26.0 Å². The van der Waals surface area contributed by atoms with Crippen LogP contribution in [0.4, 0.5) is 0 Å². The summed E-state index contributed by atoms with van der Waals surface area (Å²) in [5.41, 5.74) is 0. The van der Waals surface area contributed by atoms with Crippen LogP contribution in [-0.4, -0.2) is 0 Å². The predicted octanol–water partition coefficient (Wildman–Crippen LogP) is 4.54. The smallest absolute Gasteiger partial charge is 0.0885 e. The van der Waals surface area contributed by atoms with Crippen LogP contribution >= 0.6 is 0 Å². The molecule has 0 heteroatoms. The lowest BCUT2D eigenvalue weighted by molar-refractivity contribution is 0.943. The van der Waals surface area contributed by atoms with Crippen molar-refractivity contribution in [2.24, 2.45) is 0 Å². The first-order valence-corrected chi connectivity index (χ1v) is 4.84. The largest absolute Gasteiger partial charge is 0.0919 e. The number of allylic oxidation sites excluding steroid dienone is 4. The van der Waals surface area contributed by atoms with Crippen molar-refractivity contribution in [2.45, 2.75) is 46.5 Å². The topological polar surface area (TPSA) is 0 Å². The highest BCUT2D eigenvalue weighted by atomic mass is 13.8. The zero-order valence-electron chi connectivity index (χ0n) is 8.84. The van der Waals surface area contributed by atoms with Gasteiger partial charge in [-0.3, -0.25) is 0 Å². The van der Waals surface area contributed by atoms with Gasteiger partial charge in [-0.1, -0.05) is 37.6 Å². The molecule has 0 spiro atoms. The van der Waals surface area contributed by atoms with Gasteiger partial charge in [0.25, 0.3) is 0 Å². The molecule has 0 amide bonds. The average Bonchev–Trinajstić information content (AvgIpc) is 2.13. The van der Waals surface area contributed by atoms with Gasteiger partial charge in [-0.2, -0.15) is 0 Å². The lowest BCUT2D eigenvalue weighted by Crippen LogP contribution is -1.62. The minimum atomic E-state index is 1.03. The van der Waals surface area contributed by atoms with Crippen LogP contribution in [0.5, 0.6) is 0 Å². The molecule has 12 heavy (non-hydrogen) atoms. The molecule has 0 unspecified atom stereocenters. The van der Waals surface area contributed by atoms with Gasteiger partial charge in [0.15, 0.2) is 0 Å². The minimum absolute atomic E-state index is 1.03. The maximum atomic E-state index is 3.73. The van der Waals surface area contributed by atoms with Crippen molar-refractivity contribution in [1.29, 1.82) is 0 Å². The van der Waals surface area contributed by atoms with E-state index in [-0.39, 0.29) is 0 Å². The Hall–Kier alpha value is -0.650. The summed E-state index contributed by atoms with van der Waals surface area (Å²) in [6, 6.07) is 0. The zero-order valence-corrected chi connectivity index (χ0v) is 8.84. The van der Waals surface area contributed by atoms with Crippen LogP contribution in [0.15, 0.2) is 24.3 Å². The van der Waals surface area contributed by atoms with Crippen molar-refractivity contribution in [2.75, 3.05) is 0 Å². The molecule has 0 rings (SSSR count). The molecule has 0 saturated carbocycles. The van der Waals surface area contributed by atoms with E-state index < -0.39 is 0 Å². The Labute approximate surface area is 78.4 Å². The van der Waals surface area contributed by atoms with E-state index >= 15 is 0 Å². The molecule has 0 aliphatic rings. The predicted molar refractivity (Wildman–Crippen MR) is 59.1 cm³/mol. The summed E-state index contributed by atoms with van der Waals surface area (Å²) in [5.74, 6) is 0. The third-order valence-corrected chi connectivity index (χ3v) is 1.33. The Morgan fingerprint density at radius 3 is 1.83 bits per heavy atom. The van der Waals surface area contributed by atoms with Gasteiger partial charge in [0.1, 0.15) is 0 Å². The molecular weight excluding hydrogens is 144 g/mol. The van der Waals surface area contributed by atoms with E-state index in [0.717, 1.165) is 12.8 Å². The van der Waals surface area contributed by atoms with E-state index in [1.165, 1.54) is 12.8 Å². The molecule has 0 aromatic carbocycles. The van der Waals surface area contributed by atoms with Crippen LogP contribution in [0.25, 0.3) is 0 Å². The van der Waals surface area contributed by atoms with Crippen LogP contribution in [0, 0.1) is 6.92 Å². The molecule has 0 aliphatic heterocycles. The molecule has 0 nitrogen and oxygen atoms in total. The molecule has 0 radical (unpaired) electrons. The summed E-state index contributed by atoms with van der Waals surface area (Å²) in [7, 11) is 0. The number of unbranched alkanes of at least 4 members (excludes halogenated alkanes) is 2. The van der Waals surface area contributed by atoms with Gasteiger partial charge in [-0.05, 0) is 20.3 Å². The first-order chi connectivity index (χ1) is 5.83. The molecule has 0 aliphatic carbocycles. The maximum Gasteiger partial charge on any atom is 0.0885 e. The quantitative estimate of drug-likeness (QED) is 0.426. The van der Waals surface area contributed by atoms with Crippen LogP contribution in [-0.2, 0) is 0 Å². The molecule has 0 atom stereocenters. The van der Waals surface area contributed by atoms with Crippen LogP contribution in [0.3, 0.4) is 0 Å². The molecule has 0 bridgehead atoms. The molecule has 70 valence electrons. The van der Waals surface area contributed by atoms with Crippen molar-refractivity contribution in [3.8, 4) is 0 Å². The molecule has 0 aromatic rings. The lowest BCUT2D eigenvalue weighted by Gasteiger charge is -1.80. The number of hydrogen-bond acceptors (Lipinski definition) is 0. The molecule has 0 aromatic heterocycles. The number of hydrogen-bond donors (Lipinski definition) is 0. The van der Waals surface area contributed by atoms with Gasteiger partial charge in [0, 0.05) is 6.42 Å². The van der Waals surface area contributed by atoms with Crippen molar-refractivity contribution in [1.82, 2.24) is 0 Å². The summed E-state index contributed by atoms with van der Waals surface area (Å²) >= 11 is 0. The molecule has 0 heterocycles. The first kappa shape index (κ1) is 13.9. The molecular formula is C12H23+. The lowest BCUT2D eigenvalue weighted by atomic mass is 10.2. The second-order valence-corrected chi connectivity index (χ2v) is 2.57. The van der Waals surface area contributed by atoms with E-state index in [0.29, 0.717) is 0 Å². The molecule has 0 N–H and O–H groups in total. The van der Waals surface area contributed by atoms with Crippen molar-refractivity contribution in [3.63, 3.8) is 0 Å². The Kier molecular flexibility index (Phi) is 19.4. The van der Waals surface area contributed by atoms with Gasteiger partial charge in [0.2, 0.25) is 0 Å². The fourth-order valence-electron chi connectivity index (χ4n) is 0.520. The summed E-state index contributed by atoms with van der Waals surface area (Å²) < 4.78 is 0. The second kappa shape index (κ2) is 16.7. The van der Waals surface area contributed by atoms with Crippen molar-refractivity contribution < 1.29 is 0 Å². The highest BCUT2D eigenvalue weighted by molar-refractivity contribution is 4.80. The van der Waals surface area contributed by atoms with E-state index in [9.17, 15) is 0 Å². The number of rotatable bonds is 4. The molecule has 0 fully saturated rings.